The summed E-state index contributed by atoms with van der Waals surface area (Å²) in [5, 5.41) is 3.55. The summed E-state index contributed by atoms with van der Waals surface area (Å²) in [5.74, 6) is -0.203. The monoisotopic (exact) mass is 310 g/mol. The van der Waals surface area contributed by atoms with Gasteiger partial charge in [-0.2, -0.15) is 0 Å². The average molecular weight is 310 g/mol. The van der Waals surface area contributed by atoms with E-state index in [-0.39, 0.29) is 5.91 Å². The molecule has 1 heterocycles. The maximum atomic E-state index is 12.1. The molecule has 0 saturated heterocycles. The normalized spacial score (nSPS) is 11.7. The van der Waals surface area contributed by atoms with Crippen molar-refractivity contribution in [3.05, 3.63) is 30.0 Å². The molecule has 0 aliphatic heterocycles. The average Bonchev–Trinajstić information content (AvgIpc) is 2.79. The van der Waals surface area contributed by atoms with Gasteiger partial charge in [0.25, 0.3) is 5.91 Å². The molecule has 0 unspecified atom stereocenters. The van der Waals surface area contributed by atoms with Gasteiger partial charge < -0.3 is 16.0 Å². The highest BCUT2D eigenvalue weighted by molar-refractivity contribution is 7.88. The molecule has 0 fully saturated rings. The third kappa shape index (κ3) is 4.20. The molecule has 0 spiro atoms. The molecule has 0 atom stereocenters. The van der Waals surface area contributed by atoms with Crippen LogP contribution >= 0.6 is 0 Å². The summed E-state index contributed by atoms with van der Waals surface area (Å²) in [6, 6.07) is 5.30. The number of amides is 1. The predicted octanol–water partition coefficient (Wildman–Crippen LogP) is 0.419. The van der Waals surface area contributed by atoms with Crippen LogP contribution in [0, 0.1) is 0 Å². The van der Waals surface area contributed by atoms with Crippen molar-refractivity contribution in [1.29, 1.82) is 0 Å². The standard InChI is InChI=1S/C13H18N4O3S/c1-21(19,20)17-6-2-5-15-13(18)11-8-16-12-7-9(14)3-4-10(11)12/h3-4,7-8,16-17H,2,5-6,14H2,1H3,(H,15,18). The number of rotatable bonds is 6. The van der Waals surface area contributed by atoms with Crippen LogP contribution in [0.1, 0.15) is 16.8 Å². The molecule has 0 saturated carbocycles. The summed E-state index contributed by atoms with van der Waals surface area (Å²) < 4.78 is 24.1. The Morgan fingerprint density at radius 1 is 1.33 bits per heavy atom. The number of nitrogen functional groups attached to an aromatic ring is 1. The molecule has 7 nitrogen and oxygen atoms in total. The van der Waals surface area contributed by atoms with Gasteiger partial charge in [-0.25, -0.2) is 13.1 Å². The van der Waals surface area contributed by atoms with Crippen molar-refractivity contribution in [3.8, 4) is 0 Å². The first-order valence-corrected chi connectivity index (χ1v) is 8.35. The zero-order valence-electron chi connectivity index (χ0n) is 11.6. The SMILES string of the molecule is CS(=O)(=O)NCCCNC(=O)c1c[nH]c2cc(N)ccc12. The summed E-state index contributed by atoms with van der Waals surface area (Å²) in [6.45, 7) is 0.687. The van der Waals surface area contributed by atoms with E-state index < -0.39 is 10.0 Å². The molecular formula is C13H18N4O3S. The highest BCUT2D eigenvalue weighted by Gasteiger charge is 2.11. The maximum absolute atomic E-state index is 12.1. The molecule has 1 aromatic carbocycles. The highest BCUT2D eigenvalue weighted by Crippen LogP contribution is 2.20. The van der Waals surface area contributed by atoms with Gasteiger partial charge in [0, 0.05) is 35.9 Å². The van der Waals surface area contributed by atoms with Crippen LogP contribution in [-0.4, -0.2) is 38.7 Å². The number of hydrogen-bond donors (Lipinski definition) is 4. The van der Waals surface area contributed by atoms with Crippen LogP contribution in [0.3, 0.4) is 0 Å². The van der Waals surface area contributed by atoms with E-state index in [2.05, 4.69) is 15.0 Å². The van der Waals surface area contributed by atoms with Crippen molar-refractivity contribution < 1.29 is 13.2 Å². The summed E-state index contributed by atoms with van der Waals surface area (Å²) in [5.41, 5.74) is 7.66. The van der Waals surface area contributed by atoms with Crippen LogP contribution in [0.4, 0.5) is 5.69 Å². The molecule has 114 valence electrons. The number of H-pyrrole nitrogens is 1. The van der Waals surface area contributed by atoms with Gasteiger partial charge in [-0.05, 0) is 24.6 Å². The van der Waals surface area contributed by atoms with Gasteiger partial charge in [0.1, 0.15) is 0 Å². The first kappa shape index (κ1) is 15.3. The Labute approximate surface area is 123 Å². The number of anilines is 1. The van der Waals surface area contributed by atoms with Crippen LogP contribution in [0.25, 0.3) is 10.9 Å². The summed E-state index contributed by atoms with van der Waals surface area (Å²) in [7, 11) is -3.18. The molecule has 2 aromatic rings. The topological polar surface area (TPSA) is 117 Å². The Bertz CT molecular complexity index is 752. The number of nitrogens with one attached hydrogen (secondary N) is 3. The van der Waals surface area contributed by atoms with Gasteiger partial charge in [-0.3, -0.25) is 4.79 Å². The van der Waals surface area contributed by atoms with Crippen molar-refractivity contribution in [1.82, 2.24) is 15.0 Å². The van der Waals surface area contributed by atoms with Crippen molar-refractivity contribution in [3.63, 3.8) is 0 Å². The zero-order valence-corrected chi connectivity index (χ0v) is 12.5. The van der Waals surface area contributed by atoms with Crippen molar-refractivity contribution in [2.24, 2.45) is 0 Å². The second-order valence-electron chi connectivity index (χ2n) is 4.78. The zero-order chi connectivity index (χ0) is 15.5. The summed E-state index contributed by atoms with van der Waals surface area (Å²) in [4.78, 5) is 15.1. The van der Waals surface area contributed by atoms with E-state index in [0.29, 0.717) is 30.8 Å². The number of carbonyl (C=O) groups excluding carboxylic acids is 1. The minimum Gasteiger partial charge on any atom is -0.399 e. The van der Waals surface area contributed by atoms with Crippen LogP contribution in [0.5, 0.6) is 0 Å². The van der Waals surface area contributed by atoms with Gasteiger partial charge in [-0.15, -0.1) is 0 Å². The van der Waals surface area contributed by atoms with E-state index in [0.717, 1.165) is 17.2 Å². The van der Waals surface area contributed by atoms with E-state index in [4.69, 9.17) is 5.73 Å². The molecule has 0 radical (unpaired) electrons. The Morgan fingerprint density at radius 2 is 2.10 bits per heavy atom. The summed E-state index contributed by atoms with van der Waals surface area (Å²) in [6.07, 6.45) is 3.26. The molecule has 2 rings (SSSR count). The molecular weight excluding hydrogens is 292 g/mol. The highest BCUT2D eigenvalue weighted by atomic mass is 32.2. The van der Waals surface area contributed by atoms with Crippen LogP contribution in [0.2, 0.25) is 0 Å². The number of aromatic nitrogens is 1. The van der Waals surface area contributed by atoms with Crippen molar-refractivity contribution in [2.75, 3.05) is 25.1 Å². The lowest BCUT2D eigenvalue weighted by molar-refractivity contribution is 0.0955. The predicted molar refractivity (Wildman–Crippen MR) is 82.5 cm³/mol. The molecule has 8 heteroatoms. The third-order valence-electron chi connectivity index (χ3n) is 2.95. The molecule has 1 amide bonds. The number of benzene rings is 1. The number of nitrogens with two attached hydrogens (primary N) is 1. The number of sulfonamides is 1. The van der Waals surface area contributed by atoms with E-state index >= 15 is 0 Å². The van der Waals surface area contributed by atoms with Crippen molar-refractivity contribution in [2.45, 2.75) is 6.42 Å². The molecule has 0 bridgehead atoms. The Kier molecular flexibility index (Phi) is 4.49. The van der Waals surface area contributed by atoms with E-state index in [1.807, 2.05) is 0 Å². The third-order valence-corrected chi connectivity index (χ3v) is 3.68. The smallest absolute Gasteiger partial charge is 0.253 e. The first-order valence-electron chi connectivity index (χ1n) is 6.46. The Morgan fingerprint density at radius 3 is 2.81 bits per heavy atom. The van der Waals surface area contributed by atoms with Gasteiger partial charge >= 0.3 is 0 Å². The van der Waals surface area contributed by atoms with Gasteiger partial charge in [0.05, 0.1) is 11.8 Å². The Hall–Kier alpha value is -2.06. The van der Waals surface area contributed by atoms with Crippen LogP contribution in [-0.2, 0) is 10.0 Å². The maximum Gasteiger partial charge on any atom is 0.253 e. The lowest BCUT2D eigenvalue weighted by Gasteiger charge is -2.05. The number of aromatic amines is 1. The van der Waals surface area contributed by atoms with Gasteiger partial charge in [0.15, 0.2) is 0 Å². The summed E-state index contributed by atoms with van der Waals surface area (Å²) >= 11 is 0. The van der Waals surface area contributed by atoms with Crippen LogP contribution < -0.4 is 15.8 Å². The molecule has 21 heavy (non-hydrogen) atoms. The number of fused-ring (bicyclic) bond motifs is 1. The first-order chi connectivity index (χ1) is 9.87. The minimum absolute atomic E-state index is 0.203. The fraction of sp³-hybridized carbons (Fsp3) is 0.308. The lowest BCUT2D eigenvalue weighted by Crippen LogP contribution is -2.29. The van der Waals surface area contributed by atoms with E-state index in [1.165, 1.54) is 0 Å². The van der Waals surface area contributed by atoms with Crippen molar-refractivity contribution >= 4 is 32.5 Å². The lowest BCUT2D eigenvalue weighted by atomic mass is 10.1. The van der Waals surface area contributed by atoms with E-state index in [1.54, 1.807) is 24.4 Å². The quantitative estimate of drug-likeness (QED) is 0.457. The van der Waals surface area contributed by atoms with Crippen LogP contribution in [0.15, 0.2) is 24.4 Å². The Balaban J connectivity index is 1.91. The van der Waals surface area contributed by atoms with Gasteiger partial charge in [0.2, 0.25) is 10.0 Å². The fourth-order valence-electron chi connectivity index (χ4n) is 1.97. The number of carbonyl (C=O) groups is 1. The second-order valence-corrected chi connectivity index (χ2v) is 6.62. The molecule has 5 N–H and O–H groups in total. The largest absolute Gasteiger partial charge is 0.399 e. The molecule has 0 aliphatic rings. The molecule has 1 aromatic heterocycles. The van der Waals surface area contributed by atoms with Gasteiger partial charge in [-0.1, -0.05) is 0 Å². The molecule has 0 aliphatic carbocycles. The number of hydrogen-bond acceptors (Lipinski definition) is 4. The van der Waals surface area contributed by atoms with E-state index in [9.17, 15) is 13.2 Å². The second kappa shape index (κ2) is 6.15. The minimum atomic E-state index is -3.18. The fourth-order valence-corrected chi connectivity index (χ4v) is 2.49.